The molecule has 0 bridgehead atoms. The van der Waals surface area contributed by atoms with E-state index >= 15 is 0 Å². The fourth-order valence-electron chi connectivity index (χ4n) is 0.897. The van der Waals surface area contributed by atoms with Gasteiger partial charge in [-0.25, -0.2) is 4.79 Å². The molecule has 2 atom stereocenters. The van der Waals surface area contributed by atoms with Gasteiger partial charge in [0.15, 0.2) is 0 Å². The molecule has 0 radical (unpaired) electrons. The SMILES string of the molecule is COC(=O)C1ON=C(C)C1C. The van der Waals surface area contributed by atoms with Gasteiger partial charge in [-0.15, -0.1) is 0 Å². The van der Waals surface area contributed by atoms with Crippen molar-refractivity contribution >= 4 is 11.7 Å². The molecule has 0 aromatic rings. The Kier molecular flexibility index (Phi) is 2.12. The van der Waals surface area contributed by atoms with Gasteiger partial charge in [-0.1, -0.05) is 12.1 Å². The monoisotopic (exact) mass is 157 g/mol. The largest absolute Gasteiger partial charge is 0.466 e. The zero-order valence-corrected chi connectivity index (χ0v) is 6.83. The standard InChI is InChI=1S/C7H11NO3/c1-4-5(2)8-11-6(4)7(9)10-3/h4,6H,1-3H3. The van der Waals surface area contributed by atoms with Crippen LogP contribution in [0.25, 0.3) is 0 Å². The molecule has 0 amide bonds. The highest BCUT2D eigenvalue weighted by Gasteiger charge is 2.34. The van der Waals surface area contributed by atoms with Crippen molar-refractivity contribution in [2.45, 2.75) is 20.0 Å². The van der Waals surface area contributed by atoms with Gasteiger partial charge >= 0.3 is 5.97 Å². The lowest BCUT2D eigenvalue weighted by atomic mass is 10.0. The number of carbonyl (C=O) groups is 1. The summed E-state index contributed by atoms with van der Waals surface area (Å²) in [4.78, 5) is 15.8. The van der Waals surface area contributed by atoms with Crippen molar-refractivity contribution in [2.75, 3.05) is 7.11 Å². The average Bonchev–Trinajstić information content (AvgIpc) is 2.32. The van der Waals surface area contributed by atoms with Crippen LogP contribution in [0.4, 0.5) is 0 Å². The normalized spacial score (nSPS) is 29.2. The highest BCUT2D eigenvalue weighted by Crippen LogP contribution is 2.18. The molecule has 2 unspecified atom stereocenters. The molecule has 4 heteroatoms. The van der Waals surface area contributed by atoms with Crippen LogP contribution >= 0.6 is 0 Å². The molecule has 1 heterocycles. The van der Waals surface area contributed by atoms with Gasteiger partial charge in [0.2, 0.25) is 6.10 Å². The minimum Gasteiger partial charge on any atom is -0.466 e. The van der Waals surface area contributed by atoms with Crippen LogP contribution < -0.4 is 0 Å². The van der Waals surface area contributed by atoms with Crippen molar-refractivity contribution in [3.63, 3.8) is 0 Å². The molecule has 0 N–H and O–H groups in total. The van der Waals surface area contributed by atoms with Crippen molar-refractivity contribution in [3.05, 3.63) is 0 Å². The summed E-state index contributed by atoms with van der Waals surface area (Å²) >= 11 is 0. The quantitative estimate of drug-likeness (QED) is 0.523. The van der Waals surface area contributed by atoms with E-state index in [-0.39, 0.29) is 11.9 Å². The van der Waals surface area contributed by atoms with Crippen LogP contribution in [0.5, 0.6) is 0 Å². The molecule has 4 nitrogen and oxygen atoms in total. The van der Waals surface area contributed by atoms with E-state index in [9.17, 15) is 4.79 Å². The number of oxime groups is 1. The third kappa shape index (κ3) is 1.34. The predicted molar refractivity (Wildman–Crippen MR) is 39.2 cm³/mol. The highest BCUT2D eigenvalue weighted by atomic mass is 16.7. The maximum Gasteiger partial charge on any atom is 0.350 e. The lowest BCUT2D eigenvalue weighted by molar-refractivity contribution is -0.154. The third-order valence-corrected chi connectivity index (χ3v) is 1.86. The first-order chi connectivity index (χ1) is 5.16. The second-order valence-electron chi connectivity index (χ2n) is 2.57. The molecule has 1 aliphatic rings. The molecular formula is C7H11NO3. The van der Waals surface area contributed by atoms with Crippen molar-refractivity contribution in [3.8, 4) is 0 Å². The smallest absolute Gasteiger partial charge is 0.350 e. The minimum atomic E-state index is -0.542. The molecule has 0 aliphatic carbocycles. The summed E-state index contributed by atoms with van der Waals surface area (Å²) in [5, 5.41) is 3.68. The first-order valence-corrected chi connectivity index (χ1v) is 3.45. The van der Waals surface area contributed by atoms with Crippen LogP contribution in [0.15, 0.2) is 5.16 Å². The number of esters is 1. The number of nitrogens with zero attached hydrogens (tertiary/aromatic N) is 1. The molecule has 0 saturated carbocycles. The van der Waals surface area contributed by atoms with Gasteiger partial charge in [-0.2, -0.15) is 0 Å². The number of methoxy groups -OCH3 is 1. The van der Waals surface area contributed by atoms with E-state index in [0.29, 0.717) is 0 Å². The van der Waals surface area contributed by atoms with Crippen LogP contribution in [-0.4, -0.2) is 24.9 Å². The molecule has 0 aromatic carbocycles. The van der Waals surface area contributed by atoms with Crippen LogP contribution in [0.1, 0.15) is 13.8 Å². The molecule has 0 saturated heterocycles. The molecule has 1 rings (SSSR count). The summed E-state index contributed by atoms with van der Waals surface area (Å²) < 4.78 is 4.52. The minimum absolute atomic E-state index is 0.0300. The molecule has 62 valence electrons. The van der Waals surface area contributed by atoms with Gasteiger partial charge in [0.25, 0.3) is 0 Å². The Bertz CT molecular complexity index is 200. The fourth-order valence-corrected chi connectivity index (χ4v) is 0.897. The number of rotatable bonds is 1. The fraction of sp³-hybridized carbons (Fsp3) is 0.714. The zero-order chi connectivity index (χ0) is 8.43. The molecule has 1 aliphatic heterocycles. The first-order valence-electron chi connectivity index (χ1n) is 3.45. The maximum absolute atomic E-state index is 10.9. The van der Waals surface area contributed by atoms with Gasteiger partial charge in [0.1, 0.15) is 0 Å². The van der Waals surface area contributed by atoms with Gasteiger partial charge in [-0.05, 0) is 6.92 Å². The van der Waals surface area contributed by atoms with Gasteiger partial charge < -0.3 is 9.57 Å². The zero-order valence-electron chi connectivity index (χ0n) is 6.83. The topological polar surface area (TPSA) is 47.9 Å². The van der Waals surface area contributed by atoms with Crippen LogP contribution in [0.3, 0.4) is 0 Å². The first kappa shape index (κ1) is 8.04. The molecule has 0 spiro atoms. The lowest BCUT2D eigenvalue weighted by Gasteiger charge is -2.09. The summed E-state index contributed by atoms with van der Waals surface area (Å²) in [5.74, 6) is -0.333. The van der Waals surface area contributed by atoms with Gasteiger partial charge in [0.05, 0.1) is 12.8 Å². The molecular weight excluding hydrogens is 146 g/mol. The summed E-state index contributed by atoms with van der Waals surface area (Å²) in [5.41, 5.74) is 0.834. The summed E-state index contributed by atoms with van der Waals surface area (Å²) in [6.45, 7) is 3.71. The Hall–Kier alpha value is -1.06. The number of hydrogen-bond donors (Lipinski definition) is 0. The predicted octanol–water partition coefficient (Wildman–Crippen LogP) is 0.570. The third-order valence-electron chi connectivity index (χ3n) is 1.86. The van der Waals surface area contributed by atoms with E-state index in [1.807, 2.05) is 13.8 Å². The van der Waals surface area contributed by atoms with E-state index in [0.717, 1.165) is 5.71 Å². The highest BCUT2D eigenvalue weighted by molar-refractivity contribution is 5.91. The molecule has 0 fully saturated rings. The van der Waals surface area contributed by atoms with Gasteiger partial charge in [-0.3, -0.25) is 0 Å². The van der Waals surface area contributed by atoms with Crippen molar-refractivity contribution in [1.82, 2.24) is 0 Å². The second-order valence-corrected chi connectivity index (χ2v) is 2.57. The van der Waals surface area contributed by atoms with Crippen molar-refractivity contribution in [2.24, 2.45) is 11.1 Å². The summed E-state index contributed by atoms with van der Waals surface area (Å²) in [6.07, 6.45) is -0.542. The summed E-state index contributed by atoms with van der Waals surface area (Å²) in [7, 11) is 1.34. The molecule has 0 aromatic heterocycles. The van der Waals surface area contributed by atoms with E-state index in [1.54, 1.807) is 0 Å². The summed E-state index contributed by atoms with van der Waals surface area (Å²) in [6, 6.07) is 0. The van der Waals surface area contributed by atoms with E-state index < -0.39 is 6.10 Å². The van der Waals surface area contributed by atoms with Crippen LogP contribution in [0.2, 0.25) is 0 Å². The Morgan fingerprint density at radius 3 is 2.73 bits per heavy atom. The van der Waals surface area contributed by atoms with Crippen molar-refractivity contribution < 1.29 is 14.4 Å². The van der Waals surface area contributed by atoms with Gasteiger partial charge in [0, 0.05) is 5.92 Å². The second kappa shape index (κ2) is 2.90. The van der Waals surface area contributed by atoms with Crippen LogP contribution in [0, 0.1) is 5.92 Å². The van der Waals surface area contributed by atoms with E-state index in [1.165, 1.54) is 7.11 Å². The Morgan fingerprint density at radius 1 is 1.73 bits per heavy atom. The maximum atomic E-state index is 10.9. The Balaban J connectivity index is 2.60. The average molecular weight is 157 g/mol. The lowest BCUT2D eigenvalue weighted by Crippen LogP contribution is -2.29. The van der Waals surface area contributed by atoms with Crippen molar-refractivity contribution in [1.29, 1.82) is 0 Å². The number of ether oxygens (including phenoxy) is 1. The Labute approximate surface area is 65.2 Å². The van der Waals surface area contributed by atoms with Crippen LogP contribution in [-0.2, 0) is 14.4 Å². The Morgan fingerprint density at radius 2 is 2.36 bits per heavy atom. The van der Waals surface area contributed by atoms with E-state index in [4.69, 9.17) is 4.84 Å². The number of carbonyl (C=O) groups excluding carboxylic acids is 1. The van der Waals surface area contributed by atoms with E-state index in [2.05, 4.69) is 9.89 Å². The number of hydrogen-bond acceptors (Lipinski definition) is 4. The molecule has 11 heavy (non-hydrogen) atoms.